The molecule has 0 saturated heterocycles. The van der Waals surface area contributed by atoms with Gasteiger partial charge in [-0.05, 0) is 55.3 Å². The van der Waals surface area contributed by atoms with Gasteiger partial charge in [-0.1, -0.05) is 29.8 Å². The lowest BCUT2D eigenvalue weighted by Gasteiger charge is -2.11. The molecule has 0 aliphatic carbocycles. The van der Waals surface area contributed by atoms with Gasteiger partial charge in [0.1, 0.15) is 17.2 Å². The Hall–Kier alpha value is -3.80. The van der Waals surface area contributed by atoms with Gasteiger partial charge in [-0.25, -0.2) is 0 Å². The SMILES string of the molecule is COc1ccc(CCNC(=O)/C(=C/c2ccco2)NC(=O)c2ccc(C)cc2)cc1. The third kappa shape index (κ3) is 5.85. The van der Waals surface area contributed by atoms with Crippen molar-refractivity contribution in [2.45, 2.75) is 13.3 Å². The van der Waals surface area contributed by atoms with Crippen molar-refractivity contribution in [2.24, 2.45) is 0 Å². The van der Waals surface area contributed by atoms with Crippen molar-refractivity contribution >= 4 is 17.9 Å². The van der Waals surface area contributed by atoms with Crippen molar-refractivity contribution in [3.8, 4) is 5.75 Å². The monoisotopic (exact) mass is 404 g/mol. The van der Waals surface area contributed by atoms with Crippen molar-refractivity contribution in [1.29, 1.82) is 0 Å². The zero-order valence-corrected chi connectivity index (χ0v) is 17.0. The molecule has 3 aromatic rings. The summed E-state index contributed by atoms with van der Waals surface area (Å²) in [6, 6.07) is 18.2. The van der Waals surface area contributed by atoms with Crippen LogP contribution in [0, 0.1) is 6.92 Å². The van der Waals surface area contributed by atoms with Gasteiger partial charge in [0, 0.05) is 18.2 Å². The number of hydrogen-bond acceptors (Lipinski definition) is 4. The van der Waals surface area contributed by atoms with Crippen molar-refractivity contribution in [2.75, 3.05) is 13.7 Å². The van der Waals surface area contributed by atoms with Crippen molar-refractivity contribution in [3.05, 3.63) is 95.1 Å². The third-order valence-corrected chi connectivity index (χ3v) is 4.49. The van der Waals surface area contributed by atoms with Gasteiger partial charge in [-0.3, -0.25) is 9.59 Å². The van der Waals surface area contributed by atoms with Crippen LogP contribution in [-0.4, -0.2) is 25.5 Å². The van der Waals surface area contributed by atoms with E-state index >= 15 is 0 Å². The second-order valence-corrected chi connectivity index (χ2v) is 6.75. The van der Waals surface area contributed by atoms with E-state index in [1.165, 1.54) is 12.3 Å². The van der Waals surface area contributed by atoms with Crippen LogP contribution in [0.25, 0.3) is 6.08 Å². The first kappa shape index (κ1) is 20.9. The van der Waals surface area contributed by atoms with E-state index in [0.717, 1.165) is 16.9 Å². The summed E-state index contributed by atoms with van der Waals surface area (Å²) < 4.78 is 10.4. The van der Waals surface area contributed by atoms with Crippen LogP contribution in [0.4, 0.5) is 0 Å². The molecule has 0 radical (unpaired) electrons. The minimum atomic E-state index is -0.389. The average Bonchev–Trinajstić information content (AvgIpc) is 3.27. The van der Waals surface area contributed by atoms with Gasteiger partial charge < -0.3 is 19.8 Å². The van der Waals surface area contributed by atoms with Gasteiger partial charge in [-0.15, -0.1) is 0 Å². The lowest BCUT2D eigenvalue weighted by Crippen LogP contribution is -2.35. The lowest BCUT2D eigenvalue weighted by molar-refractivity contribution is -0.117. The van der Waals surface area contributed by atoms with E-state index < -0.39 is 0 Å². The molecule has 2 N–H and O–H groups in total. The molecule has 1 heterocycles. The summed E-state index contributed by atoms with van der Waals surface area (Å²) in [5.74, 6) is 0.503. The van der Waals surface area contributed by atoms with Crippen molar-refractivity contribution < 1.29 is 18.7 Å². The number of aryl methyl sites for hydroxylation is 1. The lowest BCUT2D eigenvalue weighted by atomic mass is 10.1. The van der Waals surface area contributed by atoms with E-state index in [0.29, 0.717) is 24.3 Å². The van der Waals surface area contributed by atoms with E-state index in [1.807, 2.05) is 43.3 Å². The van der Waals surface area contributed by atoms with Gasteiger partial charge >= 0.3 is 0 Å². The van der Waals surface area contributed by atoms with Crippen LogP contribution in [0.1, 0.15) is 27.2 Å². The molecule has 0 aliphatic heterocycles. The Labute approximate surface area is 175 Å². The molecule has 1 aromatic heterocycles. The summed E-state index contributed by atoms with van der Waals surface area (Å²) in [5.41, 5.74) is 2.70. The van der Waals surface area contributed by atoms with E-state index in [4.69, 9.17) is 9.15 Å². The van der Waals surface area contributed by atoms with Gasteiger partial charge in [0.15, 0.2) is 0 Å². The summed E-state index contributed by atoms with van der Waals surface area (Å²) in [6.45, 7) is 2.36. The summed E-state index contributed by atoms with van der Waals surface area (Å²) >= 11 is 0. The van der Waals surface area contributed by atoms with Crippen molar-refractivity contribution in [1.82, 2.24) is 10.6 Å². The van der Waals surface area contributed by atoms with Gasteiger partial charge in [0.25, 0.3) is 11.8 Å². The molecule has 0 bridgehead atoms. The molecular formula is C24H24N2O4. The summed E-state index contributed by atoms with van der Waals surface area (Å²) in [4.78, 5) is 25.3. The molecule has 0 unspecified atom stereocenters. The molecule has 0 saturated carbocycles. The molecule has 0 fully saturated rings. The smallest absolute Gasteiger partial charge is 0.267 e. The standard InChI is InChI=1S/C24H24N2O4/c1-17-5-9-19(10-6-17)23(27)26-22(16-21-4-3-15-30-21)24(28)25-14-13-18-7-11-20(29-2)12-8-18/h3-12,15-16H,13-14H2,1-2H3,(H,25,28)(H,26,27)/b22-16-. The summed E-state index contributed by atoms with van der Waals surface area (Å²) in [5, 5.41) is 5.53. The van der Waals surface area contributed by atoms with E-state index in [2.05, 4.69) is 10.6 Å². The molecule has 2 aromatic carbocycles. The van der Waals surface area contributed by atoms with Crippen LogP contribution in [0.15, 0.2) is 77.0 Å². The topological polar surface area (TPSA) is 80.6 Å². The molecule has 0 spiro atoms. The maximum Gasteiger partial charge on any atom is 0.267 e. The number of methoxy groups -OCH3 is 1. The number of rotatable bonds is 8. The Morgan fingerprint density at radius 1 is 1.03 bits per heavy atom. The molecule has 6 heteroatoms. The van der Waals surface area contributed by atoms with E-state index in [1.54, 1.807) is 31.4 Å². The molecule has 154 valence electrons. The molecule has 6 nitrogen and oxygen atoms in total. The Morgan fingerprint density at radius 2 is 1.77 bits per heavy atom. The number of carbonyl (C=O) groups is 2. The summed E-state index contributed by atoms with van der Waals surface area (Å²) in [7, 11) is 1.62. The Bertz CT molecular complexity index is 1000. The fraction of sp³-hybridized carbons (Fsp3) is 0.167. The van der Waals surface area contributed by atoms with Crippen LogP contribution in [0.5, 0.6) is 5.75 Å². The van der Waals surface area contributed by atoms with Crippen LogP contribution >= 0.6 is 0 Å². The van der Waals surface area contributed by atoms with Crippen LogP contribution in [0.2, 0.25) is 0 Å². The van der Waals surface area contributed by atoms with Gasteiger partial charge in [-0.2, -0.15) is 0 Å². The molecule has 30 heavy (non-hydrogen) atoms. The average molecular weight is 404 g/mol. The highest BCUT2D eigenvalue weighted by Crippen LogP contribution is 2.12. The van der Waals surface area contributed by atoms with Crippen LogP contribution in [0.3, 0.4) is 0 Å². The minimum absolute atomic E-state index is 0.116. The van der Waals surface area contributed by atoms with E-state index in [-0.39, 0.29) is 17.5 Å². The molecule has 2 amide bonds. The fourth-order valence-electron chi connectivity index (χ4n) is 2.78. The normalized spacial score (nSPS) is 11.1. The number of ether oxygens (including phenoxy) is 1. The minimum Gasteiger partial charge on any atom is -0.497 e. The fourth-order valence-corrected chi connectivity index (χ4v) is 2.78. The van der Waals surface area contributed by atoms with Gasteiger partial charge in [0.05, 0.1) is 13.4 Å². The number of benzene rings is 2. The quantitative estimate of drug-likeness (QED) is 0.561. The first-order valence-corrected chi connectivity index (χ1v) is 9.59. The molecule has 3 rings (SSSR count). The summed E-state index contributed by atoms with van der Waals surface area (Å²) in [6.07, 6.45) is 3.66. The highest BCUT2D eigenvalue weighted by Gasteiger charge is 2.15. The largest absolute Gasteiger partial charge is 0.497 e. The third-order valence-electron chi connectivity index (χ3n) is 4.49. The highest BCUT2D eigenvalue weighted by atomic mass is 16.5. The van der Waals surface area contributed by atoms with Gasteiger partial charge in [0.2, 0.25) is 0 Å². The predicted molar refractivity (Wildman–Crippen MR) is 115 cm³/mol. The number of hydrogen-bond donors (Lipinski definition) is 2. The first-order valence-electron chi connectivity index (χ1n) is 9.59. The predicted octanol–water partition coefficient (Wildman–Crippen LogP) is 3.73. The molecule has 0 atom stereocenters. The molecule has 0 aliphatic rings. The van der Waals surface area contributed by atoms with E-state index in [9.17, 15) is 9.59 Å². The number of furan rings is 1. The maximum absolute atomic E-state index is 12.7. The maximum atomic E-state index is 12.7. The number of nitrogens with one attached hydrogen (secondary N) is 2. The Morgan fingerprint density at radius 3 is 2.40 bits per heavy atom. The Kier molecular flexibility index (Phi) is 7.05. The van der Waals surface area contributed by atoms with Crippen molar-refractivity contribution in [3.63, 3.8) is 0 Å². The first-order chi connectivity index (χ1) is 14.5. The Balaban J connectivity index is 1.66. The number of carbonyl (C=O) groups excluding carboxylic acids is 2. The zero-order chi connectivity index (χ0) is 21.3. The highest BCUT2D eigenvalue weighted by molar-refractivity contribution is 6.05. The second-order valence-electron chi connectivity index (χ2n) is 6.75. The number of amides is 2. The van der Waals surface area contributed by atoms with Crippen LogP contribution in [-0.2, 0) is 11.2 Å². The second kappa shape index (κ2) is 10.1. The van der Waals surface area contributed by atoms with Crippen LogP contribution < -0.4 is 15.4 Å². The zero-order valence-electron chi connectivity index (χ0n) is 17.0. The molecular weight excluding hydrogens is 380 g/mol.